The molecule has 2 aromatic rings. The number of furan rings is 1. The normalized spacial score (nSPS) is 12.2. The van der Waals surface area contributed by atoms with Gasteiger partial charge in [0.2, 0.25) is 0 Å². The minimum atomic E-state index is -0.508. The average molecular weight is 245 g/mol. The second-order valence-corrected chi connectivity index (χ2v) is 4.14. The number of nitrogens with one attached hydrogen (secondary N) is 1. The minimum Gasteiger partial charge on any atom is -0.469 e. The van der Waals surface area contributed by atoms with E-state index in [1.165, 1.54) is 6.26 Å². The van der Waals surface area contributed by atoms with Crippen LogP contribution in [0.4, 0.5) is 5.69 Å². The van der Waals surface area contributed by atoms with Crippen LogP contribution >= 0.6 is 0 Å². The summed E-state index contributed by atoms with van der Waals surface area (Å²) in [5.41, 5.74) is 2.02. The zero-order valence-corrected chi connectivity index (χ0v) is 10.3. The lowest BCUT2D eigenvalue weighted by molar-refractivity contribution is 0.102. The lowest BCUT2D eigenvalue weighted by Crippen LogP contribution is -2.12. The molecule has 0 aliphatic rings. The third kappa shape index (κ3) is 2.60. The molecule has 2 rings (SSSR count). The van der Waals surface area contributed by atoms with Gasteiger partial charge in [-0.15, -0.1) is 0 Å². The maximum Gasteiger partial charge on any atom is 0.259 e. The number of aliphatic hydroxyl groups excluding tert-OH is 1. The Labute approximate surface area is 105 Å². The van der Waals surface area contributed by atoms with E-state index in [4.69, 9.17) is 4.42 Å². The van der Waals surface area contributed by atoms with Gasteiger partial charge in [0.05, 0.1) is 17.9 Å². The van der Waals surface area contributed by atoms with Crippen molar-refractivity contribution in [1.82, 2.24) is 0 Å². The SMILES string of the molecule is Cc1occc1C(=O)Nc1ccc(C(C)O)cc1. The van der Waals surface area contributed by atoms with Gasteiger partial charge in [-0.05, 0) is 37.6 Å². The van der Waals surface area contributed by atoms with Crippen LogP contribution < -0.4 is 5.32 Å². The van der Waals surface area contributed by atoms with E-state index in [1.807, 2.05) is 0 Å². The largest absolute Gasteiger partial charge is 0.469 e. The standard InChI is InChI=1S/C14H15NO3/c1-9(16)11-3-5-12(6-4-11)15-14(17)13-7-8-18-10(13)2/h3-9,16H,1-2H3,(H,15,17). The summed E-state index contributed by atoms with van der Waals surface area (Å²) in [4.78, 5) is 11.9. The van der Waals surface area contributed by atoms with Gasteiger partial charge in [0, 0.05) is 5.69 Å². The monoisotopic (exact) mass is 245 g/mol. The Balaban J connectivity index is 2.10. The number of aliphatic hydroxyl groups is 1. The highest BCUT2D eigenvalue weighted by Gasteiger charge is 2.11. The first-order valence-electron chi connectivity index (χ1n) is 5.71. The van der Waals surface area contributed by atoms with Crippen molar-refractivity contribution in [3.63, 3.8) is 0 Å². The highest BCUT2D eigenvalue weighted by atomic mass is 16.3. The number of aryl methyl sites for hydroxylation is 1. The number of carbonyl (C=O) groups is 1. The Kier molecular flexibility index (Phi) is 3.48. The van der Waals surface area contributed by atoms with E-state index in [1.54, 1.807) is 44.2 Å². The number of hydrogen-bond donors (Lipinski definition) is 2. The Morgan fingerprint density at radius 2 is 1.94 bits per heavy atom. The van der Waals surface area contributed by atoms with Crippen molar-refractivity contribution >= 4 is 11.6 Å². The van der Waals surface area contributed by atoms with Crippen LogP contribution in [0.15, 0.2) is 41.0 Å². The number of carbonyl (C=O) groups excluding carboxylic acids is 1. The van der Waals surface area contributed by atoms with E-state index in [0.29, 0.717) is 17.0 Å². The predicted molar refractivity (Wildman–Crippen MR) is 68.5 cm³/mol. The molecule has 1 aromatic carbocycles. The van der Waals surface area contributed by atoms with Crippen LogP contribution in [-0.2, 0) is 0 Å². The second kappa shape index (κ2) is 5.06. The number of anilines is 1. The average Bonchev–Trinajstić information content (AvgIpc) is 2.76. The minimum absolute atomic E-state index is 0.203. The Hall–Kier alpha value is -2.07. The molecule has 1 amide bonds. The molecular formula is C14H15NO3. The Morgan fingerprint density at radius 1 is 1.28 bits per heavy atom. The summed E-state index contributed by atoms with van der Waals surface area (Å²) < 4.78 is 5.08. The Bertz CT molecular complexity index is 540. The number of amides is 1. The van der Waals surface area contributed by atoms with E-state index in [9.17, 15) is 9.90 Å². The lowest BCUT2D eigenvalue weighted by atomic mass is 10.1. The quantitative estimate of drug-likeness (QED) is 0.874. The molecule has 1 aromatic heterocycles. The van der Waals surface area contributed by atoms with Gasteiger partial charge in [-0.3, -0.25) is 4.79 Å². The first-order chi connectivity index (χ1) is 8.58. The molecule has 0 fully saturated rings. The van der Waals surface area contributed by atoms with E-state index < -0.39 is 6.10 Å². The predicted octanol–water partition coefficient (Wildman–Crippen LogP) is 2.89. The van der Waals surface area contributed by atoms with Gasteiger partial charge in [-0.2, -0.15) is 0 Å². The highest BCUT2D eigenvalue weighted by molar-refractivity contribution is 6.04. The highest BCUT2D eigenvalue weighted by Crippen LogP contribution is 2.17. The van der Waals surface area contributed by atoms with E-state index in [2.05, 4.69) is 5.32 Å². The van der Waals surface area contributed by atoms with Crippen molar-refractivity contribution in [1.29, 1.82) is 0 Å². The molecule has 0 radical (unpaired) electrons. The van der Waals surface area contributed by atoms with E-state index in [0.717, 1.165) is 5.56 Å². The molecule has 0 aliphatic carbocycles. The summed E-state index contributed by atoms with van der Waals surface area (Å²) >= 11 is 0. The first-order valence-corrected chi connectivity index (χ1v) is 5.71. The van der Waals surface area contributed by atoms with Crippen molar-refractivity contribution < 1.29 is 14.3 Å². The number of hydrogen-bond acceptors (Lipinski definition) is 3. The molecule has 0 aliphatic heterocycles. The van der Waals surface area contributed by atoms with Gasteiger partial charge < -0.3 is 14.8 Å². The molecule has 18 heavy (non-hydrogen) atoms. The van der Waals surface area contributed by atoms with Gasteiger partial charge >= 0.3 is 0 Å². The molecule has 0 bridgehead atoms. The van der Waals surface area contributed by atoms with Crippen molar-refractivity contribution in [2.45, 2.75) is 20.0 Å². The molecule has 1 unspecified atom stereocenters. The van der Waals surface area contributed by atoms with Crippen LogP contribution in [0, 0.1) is 6.92 Å². The third-order valence-corrected chi connectivity index (χ3v) is 2.75. The molecule has 0 saturated heterocycles. The van der Waals surface area contributed by atoms with Gasteiger partial charge in [-0.25, -0.2) is 0 Å². The molecule has 0 spiro atoms. The molecule has 2 N–H and O–H groups in total. The molecule has 94 valence electrons. The van der Waals surface area contributed by atoms with Crippen LogP contribution in [0.3, 0.4) is 0 Å². The second-order valence-electron chi connectivity index (χ2n) is 4.14. The topological polar surface area (TPSA) is 62.5 Å². The van der Waals surface area contributed by atoms with E-state index >= 15 is 0 Å². The van der Waals surface area contributed by atoms with Crippen molar-refractivity contribution in [2.75, 3.05) is 5.32 Å². The maximum atomic E-state index is 11.9. The fourth-order valence-corrected chi connectivity index (χ4v) is 1.66. The van der Waals surface area contributed by atoms with Crippen LogP contribution in [-0.4, -0.2) is 11.0 Å². The fraction of sp³-hybridized carbons (Fsp3) is 0.214. The van der Waals surface area contributed by atoms with Crippen LogP contribution in [0.1, 0.15) is 34.7 Å². The summed E-state index contributed by atoms with van der Waals surface area (Å²) in [5.74, 6) is 0.388. The molecular weight excluding hydrogens is 230 g/mol. The molecule has 4 heteroatoms. The number of rotatable bonds is 3. The van der Waals surface area contributed by atoms with Crippen LogP contribution in [0.5, 0.6) is 0 Å². The van der Waals surface area contributed by atoms with Crippen molar-refractivity contribution in [3.05, 3.63) is 53.5 Å². The summed E-state index contributed by atoms with van der Waals surface area (Å²) in [6.07, 6.45) is 0.978. The molecule has 1 atom stereocenters. The van der Waals surface area contributed by atoms with Crippen molar-refractivity contribution in [3.8, 4) is 0 Å². The zero-order chi connectivity index (χ0) is 13.1. The lowest BCUT2D eigenvalue weighted by Gasteiger charge is -2.07. The first kappa shape index (κ1) is 12.4. The summed E-state index contributed by atoms with van der Waals surface area (Å²) in [7, 11) is 0. The number of benzene rings is 1. The Morgan fingerprint density at radius 3 is 2.44 bits per heavy atom. The van der Waals surface area contributed by atoms with Gasteiger partial charge in [0.25, 0.3) is 5.91 Å². The summed E-state index contributed by atoms with van der Waals surface area (Å²) in [5, 5.41) is 12.2. The van der Waals surface area contributed by atoms with Crippen LogP contribution in [0.2, 0.25) is 0 Å². The summed E-state index contributed by atoms with van der Waals surface area (Å²) in [6, 6.07) is 8.71. The van der Waals surface area contributed by atoms with E-state index in [-0.39, 0.29) is 5.91 Å². The van der Waals surface area contributed by atoms with Gasteiger partial charge in [-0.1, -0.05) is 12.1 Å². The molecule has 4 nitrogen and oxygen atoms in total. The zero-order valence-electron chi connectivity index (χ0n) is 10.3. The molecule has 0 saturated carbocycles. The summed E-state index contributed by atoms with van der Waals surface area (Å²) in [6.45, 7) is 3.44. The smallest absolute Gasteiger partial charge is 0.259 e. The maximum absolute atomic E-state index is 11.9. The van der Waals surface area contributed by atoms with Gasteiger partial charge in [0.15, 0.2) is 0 Å². The van der Waals surface area contributed by atoms with Crippen molar-refractivity contribution in [2.24, 2.45) is 0 Å². The van der Waals surface area contributed by atoms with Crippen LogP contribution in [0.25, 0.3) is 0 Å². The third-order valence-electron chi connectivity index (χ3n) is 2.75. The van der Waals surface area contributed by atoms with Gasteiger partial charge in [0.1, 0.15) is 5.76 Å². The molecule has 1 heterocycles. The fourth-order valence-electron chi connectivity index (χ4n) is 1.66.